The van der Waals surface area contributed by atoms with Gasteiger partial charge in [-0.2, -0.15) is 0 Å². The van der Waals surface area contributed by atoms with E-state index < -0.39 is 11.5 Å². The second-order valence-electron chi connectivity index (χ2n) is 4.39. The van der Waals surface area contributed by atoms with Crippen LogP contribution >= 0.6 is 0 Å². The minimum atomic E-state index is -1.23. The van der Waals surface area contributed by atoms with Gasteiger partial charge >= 0.3 is 5.97 Å². The van der Waals surface area contributed by atoms with E-state index in [1.54, 1.807) is 0 Å². The van der Waals surface area contributed by atoms with Crippen molar-refractivity contribution in [2.45, 2.75) is 46.1 Å². The van der Waals surface area contributed by atoms with E-state index in [1.165, 1.54) is 6.92 Å². The Hall–Kier alpha value is -1.55. The average molecular weight is 267 g/mol. The first-order chi connectivity index (χ1) is 8.95. The molecule has 0 saturated heterocycles. The molecule has 1 aromatic carbocycles. The van der Waals surface area contributed by atoms with E-state index >= 15 is 0 Å². The Kier molecular flexibility index (Phi) is 7.84. The zero-order valence-corrected chi connectivity index (χ0v) is 12.3. The minimum Gasteiger partial charge on any atom is -0.494 e. The molecule has 3 N–H and O–H groups in total. The zero-order valence-electron chi connectivity index (χ0n) is 12.3. The third-order valence-corrected chi connectivity index (χ3v) is 2.46. The lowest BCUT2D eigenvalue weighted by Gasteiger charge is -2.19. The summed E-state index contributed by atoms with van der Waals surface area (Å²) in [5, 5.41) is 8.92. The van der Waals surface area contributed by atoms with Gasteiger partial charge in [-0.3, -0.25) is 4.79 Å². The highest BCUT2D eigenvalue weighted by atomic mass is 16.5. The number of carbonyl (C=O) groups is 1. The summed E-state index contributed by atoms with van der Waals surface area (Å²) in [6.07, 6.45) is 1.26. The normalized spacial score (nSPS) is 12.9. The molecule has 0 radical (unpaired) electrons. The Morgan fingerprint density at radius 3 is 2.26 bits per heavy atom. The van der Waals surface area contributed by atoms with Crippen molar-refractivity contribution in [3.63, 3.8) is 0 Å². The number of rotatable bonds is 6. The predicted octanol–water partition coefficient (Wildman–Crippen LogP) is 2.85. The first kappa shape index (κ1) is 17.4. The van der Waals surface area contributed by atoms with E-state index in [9.17, 15) is 4.79 Å². The summed E-state index contributed by atoms with van der Waals surface area (Å²) in [6.45, 7) is 8.24. The third-order valence-electron chi connectivity index (χ3n) is 2.46. The molecule has 108 valence electrons. The molecule has 0 heterocycles. The van der Waals surface area contributed by atoms with Crippen molar-refractivity contribution in [3.05, 3.63) is 29.8 Å². The van der Waals surface area contributed by atoms with E-state index in [-0.39, 0.29) is 0 Å². The fraction of sp³-hybridized carbons (Fsp3) is 0.533. The first-order valence-electron chi connectivity index (χ1n) is 6.69. The molecule has 1 rings (SSSR count). The molecule has 1 atom stereocenters. The molecule has 4 nitrogen and oxygen atoms in total. The third kappa shape index (κ3) is 6.25. The lowest BCUT2D eigenvalue weighted by Crippen LogP contribution is -2.46. The van der Waals surface area contributed by atoms with Gasteiger partial charge in [0.1, 0.15) is 11.3 Å². The van der Waals surface area contributed by atoms with Crippen molar-refractivity contribution >= 4 is 5.97 Å². The molecule has 0 aliphatic rings. The van der Waals surface area contributed by atoms with Crippen LogP contribution in [0.4, 0.5) is 0 Å². The van der Waals surface area contributed by atoms with Gasteiger partial charge in [0, 0.05) is 6.42 Å². The number of ether oxygens (including phenoxy) is 1. The molecule has 0 spiro atoms. The molecule has 19 heavy (non-hydrogen) atoms. The molecule has 0 aliphatic carbocycles. The molecule has 0 aliphatic heterocycles. The van der Waals surface area contributed by atoms with Gasteiger partial charge in [0.2, 0.25) is 0 Å². The standard InChI is InChI=1S/C13H19NO3.C2H6/c1-3-8-17-11-6-4-10(5-7-11)9-13(2,14)12(15)16;1-2/h4-7H,3,8-9,14H2,1-2H3,(H,15,16);1-2H3. The number of benzene rings is 1. The molecule has 1 aromatic rings. The quantitative estimate of drug-likeness (QED) is 0.831. The van der Waals surface area contributed by atoms with Crippen LogP contribution in [-0.4, -0.2) is 23.2 Å². The van der Waals surface area contributed by atoms with Gasteiger partial charge in [0.05, 0.1) is 6.61 Å². The summed E-state index contributed by atoms with van der Waals surface area (Å²) in [6, 6.07) is 7.37. The van der Waals surface area contributed by atoms with Gasteiger partial charge in [-0.1, -0.05) is 32.9 Å². The Morgan fingerprint density at radius 2 is 1.84 bits per heavy atom. The molecule has 4 heteroatoms. The van der Waals surface area contributed by atoms with Gasteiger partial charge in [-0.25, -0.2) is 0 Å². The summed E-state index contributed by atoms with van der Waals surface area (Å²) in [5.41, 5.74) is 5.34. The Labute approximate surface area is 115 Å². The van der Waals surface area contributed by atoms with Gasteiger partial charge in [0.25, 0.3) is 0 Å². The van der Waals surface area contributed by atoms with Crippen LogP contribution in [0.5, 0.6) is 5.75 Å². The van der Waals surface area contributed by atoms with Crippen LogP contribution in [0, 0.1) is 0 Å². The van der Waals surface area contributed by atoms with Crippen LogP contribution in [0.25, 0.3) is 0 Å². The van der Waals surface area contributed by atoms with E-state index in [0.29, 0.717) is 13.0 Å². The van der Waals surface area contributed by atoms with Crippen molar-refractivity contribution in [1.29, 1.82) is 0 Å². The molecule has 1 unspecified atom stereocenters. The predicted molar refractivity (Wildman–Crippen MR) is 77.5 cm³/mol. The van der Waals surface area contributed by atoms with Crippen LogP contribution in [0.3, 0.4) is 0 Å². The van der Waals surface area contributed by atoms with Crippen LogP contribution in [-0.2, 0) is 11.2 Å². The van der Waals surface area contributed by atoms with Crippen molar-refractivity contribution in [1.82, 2.24) is 0 Å². The highest BCUT2D eigenvalue weighted by molar-refractivity contribution is 5.78. The van der Waals surface area contributed by atoms with Gasteiger partial charge in [-0.15, -0.1) is 0 Å². The molecule has 0 bridgehead atoms. The maximum Gasteiger partial charge on any atom is 0.323 e. The molecule has 0 saturated carbocycles. The zero-order chi connectivity index (χ0) is 14.9. The fourth-order valence-corrected chi connectivity index (χ4v) is 1.42. The number of hydrogen-bond acceptors (Lipinski definition) is 3. The SMILES string of the molecule is CC.CCCOc1ccc(CC(C)(N)C(=O)O)cc1. The summed E-state index contributed by atoms with van der Waals surface area (Å²) in [5.74, 6) is -0.201. The van der Waals surface area contributed by atoms with Crippen molar-refractivity contribution in [2.75, 3.05) is 6.61 Å². The summed E-state index contributed by atoms with van der Waals surface area (Å²) < 4.78 is 5.44. The smallest absolute Gasteiger partial charge is 0.323 e. The average Bonchev–Trinajstić information content (AvgIpc) is 2.40. The van der Waals surface area contributed by atoms with Crippen LogP contribution < -0.4 is 10.5 Å². The lowest BCUT2D eigenvalue weighted by atomic mass is 9.94. The maximum absolute atomic E-state index is 10.9. The summed E-state index contributed by atoms with van der Waals surface area (Å²) >= 11 is 0. The Morgan fingerprint density at radius 1 is 1.32 bits per heavy atom. The van der Waals surface area contributed by atoms with Crippen molar-refractivity contribution < 1.29 is 14.6 Å². The molecule has 0 amide bonds. The molecular weight excluding hydrogens is 242 g/mol. The maximum atomic E-state index is 10.9. The van der Waals surface area contributed by atoms with E-state index in [4.69, 9.17) is 15.6 Å². The van der Waals surface area contributed by atoms with Crippen LogP contribution in [0.2, 0.25) is 0 Å². The number of carboxylic acids is 1. The molecule has 0 fully saturated rings. The van der Waals surface area contributed by atoms with Gasteiger partial charge in [0.15, 0.2) is 0 Å². The highest BCUT2D eigenvalue weighted by Crippen LogP contribution is 2.16. The van der Waals surface area contributed by atoms with Gasteiger partial charge < -0.3 is 15.6 Å². The topological polar surface area (TPSA) is 72.5 Å². The largest absolute Gasteiger partial charge is 0.494 e. The second kappa shape index (κ2) is 8.53. The minimum absolute atomic E-state index is 0.302. The van der Waals surface area contributed by atoms with Crippen LogP contribution in [0.15, 0.2) is 24.3 Å². The molecule has 0 aromatic heterocycles. The van der Waals surface area contributed by atoms with Gasteiger partial charge in [-0.05, 0) is 31.0 Å². The summed E-state index contributed by atoms with van der Waals surface area (Å²) in [7, 11) is 0. The monoisotopic (exact) mass is 267 g/mol. The first-order valence-corrected chi connectivity index (χ1v) is 6.69. The number of nitrogens with two attached hydrogens (primary N) is 1. The Balaban J connectivity index is 0.00000154. The summed E-state index contributed by atoms with van der Waals surface area (Å²) in [4.78, 5) is 10.9. The van der Waals surface area contributed by atoms with E-state index in [1.807, 2.05) is 45.0 Å². The Bertz CT molecular complexity index is 371. The lowest BCUT2D eigenvalue weighted by molar-refractivity contribution is -0.142. The van der Waals surface area contributed by atoms with Crippen LogP contribution in [0.1, 0.15) is 39.7 Å². The number of carboxylic acid groups (broad SMARTS) is 1. The van der Waals surface area contributed by atoms with E-state index in [0.717, 1.165) is 17.7 Å². The van der Waals surface area contributed by atoms with E-state index in [2.05, 4.69) is 0 Å². The fourth-order valence-electron chi connectivity index (χ4n) is 1.42. The second-order valence-corrected chi connectivity index (χ2v) is 4.39. The number of aliphatic carboxylic acids is 1. The van der Waals surface area contributed by atoms with Crippen molar-refractivity contribution in [2.24, 2.45) is 5.73 Å². The number of hydrogen-bond donors (Lipinski definition) is 2. The van der Waals surface area contributed by atoms with Crippen molar-refractivity contribution in [3.8, 4) is 5.75 Å². The molecular formula is C15H25NO3. The highest BCUT2D eigenvalue weighted by Gasteiger charge is 2.27.